The van der Waals surface area contributed by atoms with Crippen molar-refractivity contribution in [2.45, 2.75) is 26.4 Å². The van der Waals surface area contributed by atoms with Gasteiger partial charge in [0.1, 0.15) is 5.75 Å². The molecule has 1 rings (SSSR count). The number of esters is 1. The zero-order valence-corrected chi connectivity index (χ0v) is 10.4. The molecule has 0 spiro atoms. The van der Waals surface area contributed by atoms with Crippen LogP contribution in [0, 0.1) is 0 Å². The summed E-state index contributed by atoms with van der Waals surface area (Å²) >= 11 is 0. The number of hydrogen-bond acceptors (Lipinski definition) is 4. The van der Waals surface area contributed by atoms with Gasteiger partial charge in [-0.15, -0.1) is 0 Å². The Hall–Kier alpha value is -1.84. The van der Waals surface area contributed by atoms with Crippen LogP contribution < -0.4 is 4.74 Å². The van der Waals surface area contributed by atoms with Gasteiger partial charge in [0, 0.05) is 0 Å². The Morgan fingerprint density at radius 2 is 2.24 bits per heavy atom. The van der Waals surface area contributed by atoms with Crippen molar-refractivity contribution in [3.63, 3.8) is 0 Å². The second kappa shape index (κ2) is 5.48. The molecule has 0 saturated heterocycles. The fourth-order valence-electron chi connectivity index (χ4n) is 1.21. The second-order valence-electron chi connectivity index (χ2n) is 3.96. The Morgan fingerprint density at radius 3 is 2.71 bits per heavy atom. The predicted octanol–water partition coefficient (Wildman–Crippen LogP) is 2.45. The number of aromatic nitrogens is 1. The van der Waals surface area contributed by atoms with Crippen LogP contribution >= 0.6 is 0 Å². The molecule has 0 saturated carbocycles. The first-order chi connectivity index (χ1) is 7.99. The number of carbonyl (C=O) groups excluding carboxylic acids is 1. The minimum absolute atomic E-state index is 0.333. The van der Waals surface area contributed by atoms with Gasteiger partial charge in [-0.1, -0.05) is 6.58 Å². The molecule has 92 valence electrons. The molecule has 0 atom stereocenters. The molecule has 0 aliphatic rings. The van der Waals surface area contributed by atoms with Gasteiger partial charge in [0.25, 0.3) is 0 Å². The van der Waals surface area contributed by atoms with Crippen molar-refractivity contribution in [2.75, 3.05) is 6.61 Å². The number of rotatable bonds is 5. The summed E-state index contributed by atoms with van der Waals surface area (Å²) in [5.41, 5.74) is -0.265. The fourth-order valence-corrected chi connectivity index (χ4v) is 1.21. The van der Waals surface area contributed by atoms with Gasteiger partial charge in [0.15, 0.2) is 5.60 Å². The van der Waals surface area contributed by atoms with E-state index in [2.05, 4.69) is 11.6 Å². The molecule has 4 heteroatoms. The number of ether oxygens (including phenoxy) is 2. The maximum absolute atomic E-state index is 11.6. The zero-order chi connectivity index (χ0) is 12.9. The van der Waals surface area contributed by atoms with Gasteiger partial charge in [0.05, 0.1) is 18.5 Å². The van der Waals surface area contributed by atoms with E-state index in [1.807, 2.05) is 0 Å². The summed E-state index contributed by atoms with van der Waals surface area (Å²) in [6, 6.07) is 3.51. The third-order valence-corrected chi connectivity index (χ3v) is 2.11. The summed E-state index contributed by atoms with van der Waals surface area (Å²) < 4.78 is 10.5. The van der Waals surface area contributed by atoms with E-state index in [4.69, 9.17) is 9.47 Å². The van der Waals surface area contributed by atoms with Crippen LogP contribution in [0.1, 0.15) is 26.5 Å². The number of nitrogens with zero attached hydrogens (tertiary/aromatic N) is 1. The van der Waals surface area contributed by atoms with Gasteiger partial charge >= 0.3 is 5.97 Å². The van der Waals surface area contributed by atoms with Crippen LogP contribution in [0.4, 0.5) is 0 Å². The lowest BCUT2D eigenvalue weighted by Gasteiger charge is -2.23. The molecule has 0 fully saturated rings. The van der Waals surface area contributed by atoms with Gasteiger partial charge < -0.3 is 9.47 Å². The summed E-state index contributed by atoms with van der Waals surface area (Å²) in [7, 11) is 0. The van der Waals surface area contributed by atoms with Gasteiger partial charge in [0.2, 0.25) is 0 Å². The SMILES string of the molecule is C=Cc1ccc(OC(C)(C)C(=O)OCC)cn1. The van der Waals surface area contributed by atoms with Gasteiger partial charge in [-0.05, 0) is 39.0 Å². The van der Waals surface area contributed by atoms with E-state index in [1.54, 1.807) is 45.2 Å². The first kappa shape index (κ1) is 13.2. The predicted molar refractivity (Wildman–Crippen MR) is 65.7 cm³/mol. The average Bonchev–Trinajstić information content (AvgIpc) is 2.30. The van der Waals surface area contributed by atoms with Crippen molar-refractivity contribution in [1.82, 2.24) is 4.98 Å². The summed E-state index contributed by atoms with van der Waals surface area (Å²) in [5, 5.41) is 0. The summed E-state index contributed by atoms with van der Waals surface area (Å²) in [6.07, 6.45) is 3.19. The Balaban J connectivity index is 2.74. The Morgan fingerprint density at radius 1 is 1.53 bits per heavy atom. The lowest BCUT2D eigenvalue weighted by molar-refractivity contribution is -0.158. The number of carbonyl (C=O) groups is 1. The number of pyridine rings is 1. The van der Waals surface area contributed by atoms with E-state index in [-0.39, 0.29) is 0 Å². The van der Waals surface area contributed by atoms with Crippen LogP contribution in [-0.2, 0) is 9.53 Å². The van der Waals surface area contributed by atoms with Crippen molar-refractivity contribution in [1.29, 1.82) is 0 Å². The van der Waals surface area contributed by atoms with Gasteiger partial charge in [-0.25, -0.2) is 4.79 Å². The zero-order valence-electron chi connectivity index (χ0n) is 10.4. The molecule has 4 nitrogen and oxygen atoms in total. The van der Waals surface area contributed by atoms with Crippen LogP contribution in [-0.4, -0.2) is 23.2 Å². The van der Waals surface area contributed by atoms with Crippen molar-refractivity contribution in [3.8, 4) is 5.75 Å². The highest BCUT2D eigenvalue weighted by Gasteiger charge is 2.31. The molecule has 0 amide bonds. The largest absolute Gasteiger partial charge is 0.475 e. The average molecular weight is 235 g/mol. The lowest BCUT2D eigenvalue weighted by atomic mass is 10.1. The van der Waals surface area contributed by atoms with E-state index in [0.717, 1.165) is 5.69 Å². The Labute approximate surface area is 101 Å². The van der Waals surface area contributed by atoms with Crippen LogP contribution in [0.15, 0.2) is 24.9 Å². The van der Waals surface area contributed by atoms with Gasteiger partial charge in [-0.3, -0.25) is 4.98 Å². The van der Waals surface area contributed by atoms with Gasteiger partial charge in [-0.2, -0.15) is 0 Å². The molecule has 0 N–H and O–H groups in total. The normalized spacial score (nSPS) is 10.8. The first-order valence-electron chi connectivity index (χ1n) is 5.44. The van der Waals surface area contributed by atoms with E-state index >= 15 is 0 Å². The maximum Gasteiger partial charge on any atom is 0.349 e. The minimum Gasteiger partial charge on any atom is -0.475 e. The Bertz CT molecular complexity index is 396. The Kier molecular flexibility index (Phi) is 4.26. The molecule has 0 bridgehead atoms. The highest BCUT2D eigenvalue weighted by atomic mass is 16.6. The molecule has 17 heavy (non-hydrogen) atoms. The molecule has 1 aromatic rings. The van der Waals surface area contributed by atoms with E-state index in [9.17, 15) is 4.79 Å². The molecular weight excluding hydrogens is 218 g/mol. The molecule has 1 aromatic heterocycles. The fraction of sp³-hybridized carbons (Fsp3) is 0.385. The van der Waals surface area contributed by atoms with Crippen molar-refractivity contribution in [3.05, 3.63) is 30.6 Å². The van der Waals surface area contributed by atoms with Crippen LogP contribution in [0.3, 0.4) is 0 Å². The summed E-state index contributed by atoms with van der Waals surface area (Å²) in [6.45, 7) is 9.02. The van der Waals surface area contributed by atoms with E-state index in [1.165, 1.54) is 0 Å². The van der Waals surface area contributed by atoms with Crippen LogP contribution in [0.25, 0.3) is 6.08 Å². The number of hydrogen-bond donors (Lipinski definition) is 0. The topological polar surface area (TPSA) is 48.4 Å². The highest BCUT2D eigenvalue weighted by Crippen LogP contribution is 2.19. The monoisotopic (exact) mass is 235 g/mol. The first-order valence-corrected chi connectivity index (χ1v) is 5.44. The molecule has 1 heterocycles. The molecular formula is C13H17NO3. The smallest absolute Gasteiger partial charge is 0.349 e. The molecule has 0 aliphatic carbocycles. The van der Waals surface area contributed by atoms with Crippen molar-refractivity contribution < 1.29 is 14.3 Å². The lowest BCUT2D eigenvalue weighted by Crippen LogP contribution is -2.39. The standard InChI is InChI=1S/C13H17NO3/c1-5-10-7-8-11(9-14-10)17-13(3,4)12(15)16-6-2/h5,7-9H,1,6H2,2-4H3. The maximum atomic E-state index is 11.6. The van der Waals surface area contributed by atoms with Crippen LogP contribution in [0.5, 0.6) is 5.75 Å². The van der Waals surface area contributed by atoms with E-state index < -0.39 is 11.6 Å². The molecule has 0 radical (unpaired) electrons. The molecule has 0 unspecified atom stereocenters. The summed E-state index contributed by atoms with van der Waals surface area (Å²) in [5.74, 6) is 0.126. The third kappa shape index (κ3) is 3.59. The molecule has 0 aromatic carbocycles. The third-order valence-electron chi connectivity index (χ3n) is 2.11. The highest BCUT2D eigenvalue weighted by molar-refractivity contribution is 5.79. The summed E-state index contributed by atoms with van der Waals surface area (Å²) in [4.78, 5) is 15.7. The van der Waals surface area contributed by atoms with Crippen LogP contribution in [0.2, 0.25) is 0 Å². The van der Waals surface area contributed by atoms with Crippen molar-refractivity contribution >= 4 is 12.0 Å². The van der Waals surface area contributed by atoms with E-state index in [0.29, 0.717) is 12.4 Å². The second-order valence-corrected chi connectivity index (χ2v) is 3.96. The molecule has 0 aliphatic heterocycles. The van der Waals surface area contributed by atoms with Crippen molar-refractivity contribution in [2.24, 2.45) is 0 Å². The minimum atomic E-state index is -1.02. The quantitative estimate of drug-likeness (QED) is 0.735.